The molecule has 16 heavy (non-hydrogen) atoms. The first kappa shape index (κ1) is 12.6. The van der Waals surface area contributed by atoms with E-state index in [-0.39, 0.29) is 12.6 Å². The van der Waals surface area contributed by atoms with E-state index in [0.717, 1.165) is 0 Å². The van der Waals surface area contributed by atoms with Gasteiger partial charge in [-0.2, -0.15) is 0 Å². The molecular formula is C10H15ClN4O. The number of primary amides is 1. The van der Waals surface area contributed by atoms with Crippen LogP contribution in [0.1, 0.15) is 13.8 Å². The van der Waals surface area contributed by atoms with E-state index in [4.69, 9.17) is 23.1 Å². The lowest BCUT2D eigenvalue weighted by molar-refractivity contribution is -0.116. The second kappa shape index (κ2) is 5.03. The molecule has 6 heteroatoms. The van der Waals surface area contributed by atoms with Gasteiger partial charge in [0.2, 0.25) is 5.91 Å². The number of nitrogens with two attached hydrogens (primary N) is 2. The molecule has 0 aliphatic heterocycles. The van der Waals surface area contributed by atoms with Gasteiger partial charge in [-0.25, -0.2) is 4.98 Å². The number of aromatic nitrogens is 1. The van der Waals surface area contributed by atoms with Crippen LogP contribution in [0.25, 0.3) is 0 Å². The van der Waals surface area contributed by atoms with Crippen LogP contribution < -0.4 is 16.4 Å². The highest BCUT2D eigenvalue weighted by atomic mass is 35.5. The summed E-state index contributed by atoms with van der Waals surface area (Å²) in [7, 11) is 0. The first-order chi connectivity index (χ1) is 7.41. The fourth-order valence-electron chi connectivity index (χ4n) is 1.36. The quantitative estimate of drug-likeness (QED) is 0.826. The molecule has 0 bridgehead atoms. The number of hydrogen-bond donors (Lipinski definition) is 2. The summed E-state index contributed by atoms with van der Waals surface area (Å²) in [5.41, 5.74) is 11.4. The number of rotatable bonds is 4. The number of hydrogen-bond acceptors (Lipinski definition) is 4. The predicted octanol–water partition coefficient (Wildman–Crippen LogP) is 1.02. The average Bonchev–Trinajstić information content (AvgIpc) is 2.14. The molecule has 0 aliphatic carbocycles. The van der Waals surface area contributed by atoms with E-state index in [1.54, 1.807) is 11.0 Å². The second-order valence-corrected chi connectivity index (χ2v) is 4.19. The van der Waals surface area contributed by atoms with Gasteiger partial charge in [0.15, 0.2) is 5.82 Å². The Balaban J connectivity index is 3.05. The number of carbonyl (C=O) groups is 1. The molecule has 1 rings (SSSR count). The number of nitrogens with zero attached hydrogens (tertiary/aromatic N) is 2. The summed E-state index contributed by atoms with van der Waals surface area (Å²) in [4.78, 5) is 16.8. The molecule has 0 spiro atoms. The zero-order valence-electron chi connectivity index (χ0n) is 9.27. The first-order valence-corrected chi connectivity index (χ1v) is 5.25. The van der Waals surface area contributed by atoms with Gasteiger partial charge in [0.05, 0.1) is 17.3 Å². The van der Waals surface area contributed by atoms with Crippen LogP contribution in [0.2, 0.25) is 5.02 Å². The summed E-state index contributed by atoms with van der Waals surface area (Å²) in [6, 6.07) is 1.67. The third kappa shape index (κ3) is 3.00. The van der Waals surface area contributed by atoms with Crippen molar-refractivity contribution in [2.24, 2.45) is 5.73 Å². The van der Waals surface area contributed by atoms with Gasteiger partial charge in [0.25, 0.3) is 0 Å². The Kier molecular flexibility index (Phi) is 3.95. The molecule has 0 radical (unpaired) electrons. The van der Waals surface area contributed by atoms with Gasteiger partial charge in [0, 0.05) is 12.2 Å². The van der Waals surface area contributed by atoms with E-state index in [0.29, 0.717) is 16.5 Å². The average molecular weight is 243 g/mol. The summed E-state index contributed by atoms with van der Waals surface area (Å²) >= 11 is 5.75. The van der Waals surface area contributed by atoms with Crippen molar-refractivity contribution in [1.29, 1.82) is 0 Å². The van der Waals surface area contributed by atoms with Crippen molar-refractivity contribution in [3.63, 3.8) is 0 Å². The summed E-state index contributed by atoms with van der Waals surface area (Å²) < 4.78 is 0. The lowest BCUT2D eigenvalue weighted by Crippen LogP contribution is -2.39. The minimum Gasteiger partial charge on any atom is -0.396 e. The maximum atomic E-state index is 11.0. The Morgan fingerprint density at radius 1 is 1.62 bits per heavy atom. The van der Waals surface area contributed by atoms with E-state index in [9.17, 15) is 4.79 Å². The van der Waals surface area contributed by atoms with Crippen molar-refractivity contribution in [2.75, 3.05) is 17.2 Å². The van der Waals surface area contributed by atoms with Crippen LogP contribution in [-0.2, 0) is 4.79 Å². The van der Waals surface area contributed by atoms with Gasteiger partial charge >= 0.3 is 0 Å². The van der Waals surface area contributed by atoms with Crippen LogP contribution in [-0.4, -0.2) is 23.5 Å². The Labute approximate surface area is 99.4 Å². The third-order valence-electron chi connectivity index (χ3n) is 2.08. The van der Waals surface area contributed by atoms with Gasteiger partial charge in [-0.3, -0.25) is 4.79 Å². The fourth-order valence-corrected chi connectivity index (χ4v) is 1.52. The van der Waals surface area contributed by atoms with Gasteiger partial charge in [-0.15, -0.1) is 0 Å². The topological polar surface area (TPSA) is 85.2 Å². The molecule has 0 saturated carbocycles. The van der Waals surface area contributed by atoms with Crippen LogP contribution in [0.3, 0.4) is 0 Å². The summed E-state index contributed by atoms with van der Waals surface area (Å²) in [5.74, 6) is 0.100. The van der Waals surface area contributed by atoms with E-state index < -0.39 is 5.91 Å². The number of nitrogen functional groups attached to an aromatic ring is 1. The largest absolute Gasteiger partial charge is 0.396 e. The summed E-state index contributed by atoms with van der Waals surface area (Å²) in [6.45, 7) is 3.94. The monoisotopic (exact) mass is 242 g/mol. The van der Waals surface area contributed by atoms with Crippen LogP contribution in [0, 0.1) is 0 Å². The van der Waals surface area contributed by atoms with Crippen molar-refractivity contribution in [3.05, 3.63) is 17.3 Å². The van der Waals surface area contributed by atoms with Crippen molar-refractivity contribution < 1.29 is 4.79 Å². The molecule has 1 heterocycles. The van der Waals surface area contributed by atoms with Crippen LogP contribution in [0.4, 0.5) is 11.5 Å². The molecule has 0 fully saturated rings. The highest BCUT2D eigenvalue weighted by molar-refractivity contribution is 6.30. The van der Waals surface area contributed by atoms with E-state index in [1.807, 2.05) is 13.8 Å². The molecule has 0 aromatic carbocycles. The van der Waals surface area contributed by atoms with E-state index >= 15 is 0 Å². The molecule has 0 atom stereocenters. The number of anilines is 2. The van der Waals surface area contributed by atoms with Gasteiger partial charge < -0.3 is 16.4 Å². The van der Waals surface area contributed by atoms with Crippen molar-refractivity contribution in [2.45, 2.75) is 19.9 Å². The van der Waals surface area contributed by atoms with Gasteiger partial charge in [-0.05, 0) is 19.9 Å². The van der Waals surface area contributed by atoms with E-state index in [2.05, 4.69) is 4.98 Å². The molecule has 1 amide bonds. The molecule has 5 nitrogen and oxygen atoms in total. The molecular weight excluding hydrogens is 228 g/mol. The highest BCUT2D eigenvalue weighted by Gasteiger charge is 2.17. The zero-order valence-corrected chi connectivity index (χ0v) is 10.0. The van der Waals surface area contributed by atoms with Crippen molar-refractivity contribution in [3.8, 4) is 0 Å². The first-order valence-electron chi connectivity index (χ1n) is 4.87. The number of carbonyl (C=O) groups excluding carboxylic acids is 1. The SMILES string of the molecule is CC(C)N(CC(N)=O)c1ncc(Cl)cc1N. The molecule has 0 aliphatic rings. The van der Waals surface area contributed by atoms with Crippen molar-refractivity contribution >= 4 is 29.0 Å². The molecule has 4 N–H and O–H groups in total. The van der Waals surface area contributed by atoms with Crippen LogP contribution >= 0.6 is 11.6 Å². The number of pyridine rings is 1. The predicted molar refractivity (Wildman–Crippen MR) is 65.3 cm³/mol. The normalized spacial score (nSPS) is 10.5. The Morgan fingerprint density at radius 2 is 2.25 bits per heavy atom. The second-order valence-electron chi connectivity index (χ2n) is 3.75. The molecule has 88 valence electrons. The lowest BCUT2D eigenvalue weighted by atomic mass is 10.2. The maximum Gasteiger partial charge on any atom is 0.237 e. The van der Waals surface area contributed by atoms with Crippen LogP contribution in [0.15, 0.2) is 12.3 Å². The standard InChI is InChI=1S/C10H15ClN4O/c1-6(2)15(5-9(13)16)10-8(12)3-7(11)4-14-10/h3-4,6H,5,12H2,1-2H3,(H2,13,16). The number of halogens is 1. The van der Waals surface area contributed by atoms with Crippen LogP contribution in [0.5, 0.6) is 0 Å². The maximum absolute atomic E-state index is 11.0. The minimum absolute atomic E-state index is 0.0727. The molecule has 0 unspecified atom stereocenters. The number of amides is 1. The zero-order chi connectivity index (χ0) is 12.3. The minimum atomic E-state index is -0.426. The smallest absolute Gasteiger partial charge is 0.237 e. The fraction of sp³-hybridized carbons (Fsp3) is 0.400. The Bertz CT molecular complexity index is 394. The molecule has 0 saturated heterocycles. The van der Waals surface area contributed by atoms with Gasteiger partial charge in [0.1, 0.15) is 0 Å². The van der Waals surface area contributed by atoms with E-state index in [1.165, 1.54) is 6.20 Å². The third-order valence-corrected chi connectivity index (χ3v) is 2.29. The Hall–Kier alpha value is -1.49. The summed E-state index contributed by atoms with van der Waals surface area (Å²) in [5, 5.41) is 0.462. The lowest BCUT2D eigenvalue weighted by Gasteiger charge is -2.27. The molecule has 1 aromatic heterocycles. The molecule has 1 aromatic rings. The van der Waals surface area contributed by atoms with Crippen molar-refractivity contribution in [1.82, 2.24) is 4.98 Å². The highest BCUT2D eigenvalue weighted by Crippen LogP contribution is 2.24. The Morgan fingerprint density at radius 3 is 2.69 bits per heavy atom. The van der Waals surface area contributed by atoms with Gasteiger partial charge in [-0.1, -0.05) is 11.6 Å². The summed E-state index contributed by atoms with van der Waals surface area (Å²) in [6.07, 6.45) is 1.49.